The average molecular weight is 1050 g/mol. The number of nitrogens with zero attached hydrogens (tertiary/aromatic N) is 1. The summed E-state index contributed by atoms with van der Waals surface area (Å²) in [5, 5.41) is 54.0. The lowest BCUT2D eigenvalue weighted by atomic mass is 10.00. The van der Waals surface area contributed by atoms with Crippen LogP contribution in [0.2, 0.25) is 0 Å². The number of amides is 9. The van der Waals surface area contributed by atoms with Crippen molar-refractivity contribution in [2.24, 2.45) is 23.3 Å². The Bertz CT molecular complexity index is 2190. The average Bonchev–Trinajstić information content (AvgIpc) is 3.82. The summed E-state index contributed by atoms with van der Waals surface area (Å²) in [5.74, 6) is -14.7. The first-order valence-electron chi connectivity index (χ1n) is 24.1. The van der Waals surface area contributed by atoms with Crippen molar-refractivity contribution in [2.75, 3.05) is 13.1 Å². The molecule has 9 amide bonds. The molecule has 0 aliphatic carbocycles. The monoisotopic (exact) mass is 1050 g/mol. The molecule has 1 aromatic carbocycles. The zero-order valence-corrected chi connectivity index (χ0v) is 41.8. The van der Waals surface area contributed by atoms with E-state index in [2.05, 4.69) is 37.2 Å². The number of nitrogens with one attached hydrogen (secondary N) is 7. The van der Waals surface area contributed by atoms with Crippen LogP contribution in [-0.2, 0) is 68.7 Å². The van der Waals surface area contributed by atoms with Gasteiger partial charge in [0.05, 0.1) is 12.6 Å². The second-order valence-corrected chi connectivity index (χ2v) is 18.6. The minimum absolute atomic E-state index is 0.0457. The number of carboxylic acid groups (broad SMARTS) is 4. The highest BCUT2D eigenvalue weighted by Crippen LogP contribution is 2.21. The predicted molar refractivity (Wildman–Crippen MR) is 258 cm³/mol. The van der Waals surface area contributed by atoms with E-state index in [1.54, 1.807) is 44.2 Å². The Balaban J connectivity index is 2.30. The van der Waals surface area contributed by atoms with Crippen LogP contribution in [0.15, 0.2) is 30.3 Å². The number of nitrogens with two attached hydrogens (primary N) is 2. The third kappa shape index (κ3) is 22.4. The molecule has 1 aliphatic rings. The number of primary amides is 1. The molecule has 8 atom stereocenters. The number of aliphatic carboxylic acids is 4. The number of hydrogen-bond donors (Lipinski definition) is 13. The van der Waals surface area contributed by atoms with E-state index >= 15 is 0 Å². The quantitative estimate of drug-likeness (QED) is 0.0339. The summed E-state index contributed by atoms with van der Waals surface area (Å²) in [7, 11) is 0. The van der Waals surface area contributed by atoms with E-state index in [1.165, 1.54) is 13.8 Å². The van der Waals surface area contributed by atoms with Crippen LogP contribution < -0.4 is 48.7 Å². The van der Waals surface area contributed by atoms with Gasteiger partial charge in [0.1, 0.15) is 42.3 Å². The molecule has 410 valence electrons. The van der Waals surface area contributed by atoms with Crippen LogP contribution in [0.3, 0.4) is 0 Å². The SMILES string of the molecule is CC(C)C[C@H](NC(=O)[C@@H]1CCCN1C(=O)[C@H](CCC(=O)O)NC(=O)[C@H](CCC(N)=O)NC(=O)[C@@H](N)Cc1ccccc1)C(=O)N[C@@H](CCC(=O)O)C(=O)N[C@H](C(=O)NCC(=O)N[C@@H](CCC(=O)O)C(=O)O)C(C)C. The van der Waals surface area contributed by atoms with Gasteiger partial charge in [-0.05, 0) is 68.8 Å². The van der Waals surface area contributed by atoms with Crippen LogP contribution in [0.4, 0.5) is 0 Å². The largest absolute Gasteiger partial charge is 0.481 e. The van der Waals surface area contributed by atoms with Crippen LogP contribution in [0.1, 0.15) is 104 Å². The molecule has 27 nitrogen and oxygen atoms in total. The minimum Gasteiger partial charge on any atom is -0.481 e. The van der Waals surface area contributed by atoms with E-state index in [1.807, 2.05) is 0 Å². The van der Waals surface area contributed by atoms with Crippen LogP contribution in [0.25, 0.3) is 0 Å². The van der Waals surface area contributed by atoms with Gasteiger partial charge in [-0.25, -0.2) is 4.79 Å². The summed E-state index contributed by atoms with van der Waals surface area (Å²) in [6.45, 7) is 5.63. The second kappa shape index (κ2) is 31.0. The molecule has 0 aromatic heterocycles. The van der Waals surface area contributed by atoms with E-state index in [0.717, 1.165) is 4.90 Å². The summed E-state index contributed by atoms with van der Waals surface area (Å²) in [6, 6.07) is -2.72. The number of hydrogen-bond acceptors (Lipinski definition) is 14. The second-order valence-electron chi connectivity index (χ2n) is 18.6. The Morgan fingerprint density at radius 2 is 1.11 bits per heavy atom. The van der Waals surface area contributed by atoms with Gasteiger partial charge in [-0.3, -0.25) is 57.5 Å². The van der Waals surface area contributed by atoms with Crippen molar-refractivity contribution >= 4 is 77.0 Å². The van der Waals surface area contributed by atoms with Gasteiger partial charge < -0.3 is 74.0 Å². The number of rotatable bonds is 33. The first-order valence-corrected chi connectivity index (χ1v) is 24.1. The lowest BCUT2D eigenvalue weighted by molar-refractivity contribution is -0.144. The molecule has 0 bridgehead atoms. The number of carboxylic acids is 4. The van der Waals surface area contributed by atoms with Crippen molar-refractivity contribution in [3.63, 3.8) is 0 Å². The Morgan fingerprint density at radius 1 is 0.608 bits per heavy atom. The highest BCUT2D eigenvalue weighted by Gasteiger charge is 2.40. The van der Waals surface area contributed by atoms with Gasteiger partial charge in [0.15, 0.2) is 0 Å². The lowest BCUT2D eigenvalue weighted by Crippen LogP contribution is -2.60. The van der Waals surface area contributed by atoms with Gasteiger partial charge in [-0.15, -0.1) is 0 Å². The third-order valence-corrected chi connectivity index (χ3v) is 11.6. The number of carbonyl (C=O) groups excluding carboxylic acids is 9. The molecule has 1 aromatic rings. The van der Waals surface area contributed by atoms with Crippen molar-refractivity contribution in [2.45, 2.75) is 153 Å². The normalized spacial score (nSPS) is 15.9. The summed E-state index contributed by atoms with van der Waals surface area (Å²) < 4.78 is 0. The van der Waals surface area contributed by atoms with E-state index in [4.69, 9.17) is 16.6 Å². The molecular formula is C47H70N10O17. The van der Waals surface area contributed by atoms with Gasteiger partial charge in [0, 0.05) is 32.2 Å². The van der Waals surface area contributed by atoms with Crippen LogP contribution >= 0.6 is 0 Å². The maximum absolute atomic E-state index is 14.2. The predicted octanol–water partition coefficient (Wildman–Crippen LogP) is -2.78. The van der Waals surface area contributed by atoms with Crippen molar-refractivity contribution in [3.05, 3.63) is 35.9 Å². The van der Waals surface area contributed by atoms with Crippen molar-refractivity contribution in [3.8, 4) is 0 Å². The van der Waals surface area contributed by atoms with E-state index in [0.29, 0.717) is 5.56 Å². The smallest absolute Gasteiger partial charge is 0.326 e. The fraction of sp³-hybridized carbons (Fsp3) is 0.596. The zero-order valence-electron chi connectivity index (χ0n) is 41.8. The molecular weight excluding hydrogens is 977 g/mol. The first kappa shape index (κ1) is 62.4. The molecule has 0 radical (unpaired) electrons. The summed E-state index contributed by atoms with van der Waals surface area (Å²) in [6.07, 6.45) is -3.61. The molecule has 0 saturated carbocycles. The molecule has 0 unspecified atom stereocenters. The third-order valence-electron chi connectivity index (χ3n) is 11.6. The summed E-state index contributed by atoms with van der Waals surface area (Å²) in [5.41, 5.74) is 12.2. The van der Waals surface area contributed by atoms with E-state index < -0.39 is 176 Å². The summed E-state index contributed by atoms with van der Waals surface area (Å²) in [4.78, 5) is 167. The maximum Gasteiger partial charge on any atom is 0.326 e. The fourth-order valence-corrected chi connectivity index (χ4v) is 7.71. The van der Waals surface area contributed by atoms with Gasteiger partial charge >= 0.3 is 23.9 Å². The molecule has 0 spiro atoms. The maximum atomic E-state index is 14.2. The molecule has 74 heavy (non-hydrogen) atoms. The number of carbonyl (C=O) groups is 13. The highest BCUT2D eigenvalue weighted by atomic mass is 16.4. The van der Waals surface area contributed by atoms with Crippen LogP contribution in [0.5, 0.6) is 0 Å². The van der Waals surface area contributed by atoms with Crippen molar-refractivity contribution in [1.29, 1.82) is 0 Å². The zero-order chi connectivity index (χ0) is 55.8. The Morgan fingerprint density at radius 3 is 1.64 bits per heavy atom. The standard InChI is InChI=1S/C47H70N10O17/c1-24(2)21-32(43(69)53-29(13-17-36(60)61)42(68)56-39(25(3)4)45(71)50-23-35(59)51-31(47(73)74)15-19-38(64)65)55-44(70)33-11-8-20-57(33)46(72)30(14-18-37(62)63)54-41(67)28(12-16-34(49)58)52-40(66)27(48)22-26-9-6-5-7-10-26/h5-7,9-10,24-25,27-33,39H,8,11-23,48H2,1-4H3,(H2,49,58)(H,50,71)(H,51,59)(H,52,66)(H,53,69)(H,54,67)(H,55,70)(H,56,68)(H,60,61)(H,62,63)(H,64,65)(H,73,74)/t27-,28-,29-,30-,31-,32-,33-,39-/m0/s1. The van der Waals surface area contributed by atoms with Gasteiger partial charge in [-0.1, -0.05) is 58.0 Å². The number of benzene rings is 1. The molecule has 15 N–H and O–H groups in total. The van der Waals surface area contributed by atoms with Crippen LogP contribution in [-0.4, -0.2) is 164 Å². The highest BCUT2D eigenvalue weighted by molar-refractivity contribution is 5.98. The van der Waals surface area contributed by atoms with Gasteiger partial charge in [0.25, 0.3) is 0 Å². The Kier molecular flexibility index (Phi) is 26.2. The molecule has 1 fully saturated rings. The molecule has 1 heterocycles. The fourth-order valence-electron chi connectivity index (χ4n) is 7.71. The molecule has 1 aliphatic heterocycles. The molecule has 2 rings (SSSR count). The number of likely N-dealkylation sites (tertiary alicyclic amines) is 1. The lowest BCUT2D eigenvalue weighted by Gasteiger charge is -2.31. The Hall–Kier alpha value is -7.71. The van der Waals surface area contributed by atoms with E-state index in [9.17, 15) is 77.6 Å². The minimum atomic E-state index is -1.62. The van der Waals surface area contributed by atoms with Crippen molar-refractivity contribution in [1.82, 2.24) is 42.1 Å². The molecule has 27 heteroatoms. The van der Waals surface area contributed by atoms with Crippen molar-refractivity contribution < 1.29 is 82.8 Å². The Labute approximate surface area is 426 Å². The molecule has 1 saturated heterocycles. The van der Waals surface area contributed by atoms with Crippen LogP contribution in [0, 0.1) is 11.8 Å². The van der Waals surface area contributed by atoms with E-state index in [-0.39, 0.29) is 51.0 Å². The first-order chi connectivity index (χ1) is 34.7. The van der Waals surface area contributed by atoms with Gasteiger partial charge in [0.2, 0.25) is 53.2 Å². The topological polar surface area (TPSA) is 442 Å². The summed E-state index contributed by atoms with van der Waals surface area (Å²) >= 11 is 0. The van der Waals surface area contributed by atoms with Gasteiger partial charge in [-0.2, -0.15) is 0 Å².